The second-order valence-electron chi connectivity index (χ2n) is 12.6. The normalized spacial score (nSPS) is 43.6. The van der Waals surface area contributed by atoms with Crippen molar-refractivity contribution in [3.63, 3.8) is 0 Å². The van der Waals surface area contributed by atoms with Crippen LogP contribution in [0.5, 0.6) is 0 Å². The lowest BCUT2D eigenvalue weighted by atomic mass is 9.47. The van der Waals surface area contributed by atoms with Gasteiger partial charge in [-0.2, -0.15) is 0 Å². The Bertz CT molecular complexity index is 716. The van der Waals surface area contributed by atoms with E-state index in [0.717, 1.165) is 50.9 Å². The molecule has 1 saturated carbocycles. The average molecular weight is 449 g/mol. The minimum Gasteiger partial charge on any atom is -0.394 e. The maximum atomic E-state index is 11.4. The molecule has 0 aromatic rings. The number of hydrogen-bond acceptors (Lipinski definition) is 4. The largest absolute Gasteiger partial charge is 0.394 e. The van der Waals surface area contributed by atoms with Crippen LogP contribution in [0.1, 0.15) is 98.8 Å². The number of allylic oxidation sites excluding steroid dienone is 1. The van der Waals surface area contributed by atoms with Crippen molar-refractivity contribution in [2.24, 2.45) is 34.5 Å². The second-order valence-corrected chi connectivity index (χ2v) is 12.6. The zero-order valence-electron chi connectivity index (χ0n) is 21.2. The van der Waals surface area contributed by atoms with Crippen LogP contribution in [0.3, 0.4) is 0 Å². The fourth-order valence-electron chi connectivity index (χ4n) is 8.55. The number of ether oxygens (including phenoxy) is 1. The van der Waals surface area contributed by atoms with Crippen LogP contribution in [0.15, 0.2) is 11.1 Å². The molecule has 4 aliphatic rings. The SMILES string of the molecule is CC(C)CCC[C@@H](C)[C@H]1CO[C@]2(C(O)CO)C3=C(CC[C@]12C)[C@@]1(C)CC[C@H](O)C[C@@H]1CC3. The van der Waals surface area contributed by atoms with Crippen LogP contribution in [0.25, 0.3) is 0 Å². The van der Waals surface area contributed by atoms with Crippen LogP contribution >= 0.6 is 0 Å². The van der Waals surface area contributed by atoms with Crippen molar-refractivity contribution in [1.82, 2.24) is 0 Å². The third-order valence-corrected chi connectivity index (χ3v) is 10.5. The van der Waals surface area contributed by atoms with Crippen molar-refractivity contribution in [1.29, 1.82) is 0 Å². The molecule has 3 aliphatic carbocycles. The minimum absolute atomic E-state index is 0.0979. The molecule has 32 heavy (non-hydrogen) atoms. The van der Waals surface area contributed by atoms with E-state index in [4.69, 9.17) is 4.74 Å². The second kappa shape index (κ2) is 8.98. The molecule has 0 amide bonds. The standard InChI is InChI=1S/C28H48O4/c1-18(2)7-6-8-19(3)24-17-32-28(25(31)16-29)23-10-9-20-15-21(30)11-13-26(20,4)22(23)12-14-27(24,28)5/h18-21,24-25,29-31H,6-17H2,1-5H3/t19-,20+,21+,24-,25?,26+,27-,28+/m1/s1. The summed E-state index contributed by atoms with van der Waals surface area (Å²) in [4.78, 5) is 0. The van der Waals surface area contributed by atoms with Gasteiger partial charge < -0.3 is 20.1 Å². The molecule has 4 heteroatoms. The molecular weight excluding hydrogens is 400 g/mol. The predicted molar refractivity (Wildman–Crippen MR) is 128 cm³/mol. The number of aliphatic hydroxyl groups is 3. The summed E-state index contributed by atoms with van der Waals surface area (Å²) in [6, 6.07) is 0. The third kappa shape index (κ3) is 3.63. The van der Waals surface area contributed by atoms with E-state index in [-0.39, 0.29) is 23.5 Å². The highest BCUT2D eigenvalue weighted by Gasteiger charge is 2.67. The zero-order valence-corrected chi connectivity index (χ0v) is 21.2. The van der Waals surface area contributed by atoms with E-state index in [2.05, 4.69) is 34.6 Å². The summed E-state index contributed by atoms with van der Waals surface area (Å²) in [5.41, 5.74) is 2.01. The number of hydrogen-bond donors (Lipinski definition) is 3. The van der Waals surface area contributed by atoms with Crippen molar-refractivity contribution >= 4 is 0 Å². The molecule has 1 heterocycles. The fraction of sp³-hybridized carbons (Fsp3) is 0.929. The van der Waals surface area contributed by atoms with Gasteiger partial charge in [-0.1, -0.05) is 59.5 Å². The Kier molecular flexibility index (Phi) is 6.93. The Morgan fingerprint density at radius 1 is 1.03 bits per heavy atom. The lowest BCUT2D eigenvalue weighted by molar-refractivity contribution is -0.144. The molecule has 4 rings (SSSR count). The summed E-state index contributed by atoms with van der Waals surface area (Å²) in [6.07, 6.45) is 9.55. The molecule has 0 spiro atoms. The number of fused-ring (bicyclic) bond motifs is 4. The van der Waals surface area contributed by atoms with E-state index in [1.165, 1.54) is 30.4 Å². The fourth-order valence-corrected chi connectivity index (χ4v) is 8.55. The van der Waals surface area contributed by atoms with Crippen molar-refractivity contribution in [2.45, 2.75) is 117 Å². The van der Waals surface area contributed by atoms with Crippen LogP contribution in [-0.2, 0) is 4.74 Å². The van der Waals surface area contributed by atoms with E-state index in [1.807, 2.05) is 0 Å². The summed E-state index contributed by atoms with van der Waals surface area (Å²) in [6.45, 7) is 12.2. The van der Waals surface area contributed by atoms with E-state index >= 15 is 0 Å². The predicted octanol–water partition coefficient (Wildman–Crippen LogP) is 5.25. The Balaban J connectivity index is 1.70. The summed E-state index contributed by atoms with van der Waals surface area (Å²) < 4.78 is 6.76. The molecule has 1 aliphatic heterocycles. The Morgan fingerprint density at radius 3 is 2.47 bits per heavy atom. The van der Waals surface area contributed by atoms with Crippen molar-refractivity contribution in [2.75, 3.05) is 13.2 Å². The molecule has 0 bridgehead atoms. The van der Waals surface area contributed by atoms with Gasteiger partial charge in [-0.25, -0.2) is 0 Å². The van der Waals surface area contributed by atoms with Crippen LogP contribution in [0, 0.1) is 34.5 Å². The highest BCUT2D eigenvalue weighted by atomic mass is 16.5. The topological polar surface area (TPSA) is 69.9 Å². The maximum Gasteiger partial charge on any atom is 0.123 e. The summed E-state index contributed by atoms with van der Waals surface area (Å²) in [5.74, 6) is 2.21. The van der Waals surface area contributed by atoms with Crippen molar-refractivity contribution in [3.8, 4) is 0 Å². The molecule has 3 N–H and O–H groups in total. The lowest BCUT2D eigenvalue weighted by Crippen LogP contribution is -2.61. The smallest absolute Gasteiger partial charge is 0.123 e. The van der Waals surface area contributed by atoms with Gasteiger partial charge in [0.05, 0.1) is 19.3 Å². The molecule has 0 radical (unpaired) electrons. The van der Waals surface area contributed by atoms with E-state index in [1.54, 1.807) is 0 Å². The molecule has 1 unspecified atom stereocenters. The van der Waals surface area contributed by atoms with E-state index in [0.29, 0.717) is 24.4 Å². The first-order valence-electron chi connectivity index (χ1n) is 13.4. The summed E-state index contributed by atoms with van der Waals surface area (Å²) in [5, 5.41) is 31.9. The summed E-state index contributed by atoms with van der Waals surface area (Å²) >= 11 is 0. The Morgan fingerprint density at radius 2 is 1.78 bits per heavy atom. The van der Waals surface area contributed by atoms with Gasteiger partial charge in [-0.15, -0.1) is 0 Å². The van der Waals surface area contributed by atoms with Gasteiger partial charge in [-0.05, 0) is 79.6 Å². The van der Waals surface area contributed by atoms with Crippen molar-refractivity contribution in [3.05, 3.63) is 11.1 Å². The highest BCUT2D eigenvalue weighted by Crippen LogP contribution is 2.67. The molecule has 0 aromatic carbocycles. The van der Waals surface area contributed by atoms with Crippen LogP contribution in [-0.4, -0.2) is 46.3 Å². The number of rotatable bonds is 7. The van der Waals surface area contributed by atoms with Crippen LogP contribution < -0.4 is 0 Å². The molecular formula is C28H48O4. The monoisotopic (exact) mass is 448 g/mol. The molecule has 1 saturated heterocycles. The molecule has 2 fully saturated rings. The van der Waals surface area contributed by atoms with Gasteiger partial charge in [-0.3, -0.25) is 0 Å². The minimum atomic E-state index is -0.875. The Hall–Kier alpha value is -0.420. The summed E-state index contributed by atoms with van der Waals surface area (Å²) in [7, 11) is 0. The van der Waals surface area contributed by atoms with E-state index in [9.17, 15) is 15.3 Å². The number of aliphatic hydroxyl groups excluding tert-OH is 3. The quantitative estimate of drug-likeness (QED) is 0.466. The molecule has 184 valence electrons. The highest BCUT2D eigenvalue weighted by molar-refractivity contribution is 5.41. The molecule has 0 aromatic heterocycles. The third-order valence-electron chi connectivity index (χ3n) is 10.5. The van der Waals surface area contributed by atoms with Gasteiger partial charge in [0.25, 0.3) is 0 Å². The molecule has 8 atom stereocenters. The lowest BCUT2D eigenvalue weighted by Gasteiger charge is -2.59. The zero-order chi connectivity index (χ0) is 23.3. The van der Waals surface area contributed by atoms with Gasteiger partial charge in [0, 0.05) is 5.41 Å². The first-order valence-corrected chi connectivity index (χ1v) is 13.4. The Labute approximate surface area is 195 Å². The van der Waals surface area contributed by atoms with Gasteiger partial charge in [0.2, 0.25) is 0 Å². The first kappa shape index (κ1) is 24.7. The van der Waals surface area contributed by atoms with Gasteiger partial charge >= 0.3 is 0 Å². The van der Waals surface area contributed by atoms with Crippen LogP contribution in [0.2, 0.25) is 0 Å². The van der Waals surface area contributed by atoms with E-state index < -0.39 is 11.7 Å². The first-order chi connectivity index (χ1) is 15.1. The average Bonchev–Trinajstić information content (AvgIpc) is 3.07. The maximum absolute atomic E-state index is 11.4. The van der Waals surface area contributed by atoms with Gasteiger partial charge in [0.15, 0.2) is 0 Å². The van der Waals surface area contributed by atoms with Gasteiger partial charge in [0.1, 0.15) is 11.7 Å². The van der Waals surface area contributed by atoms with Crippen LogP contribution in [0.4, 0.5) is 0 Å². The molecule has 4 nitrogen and oxygen atoms in total. The van der Waals surface area contributed by atoms with Crippen molar-refractivity contribution < 1.29 is 20.1 Å².